The van der Waals surface area contributed by atoms with E-state index in [1.54, 1.807) is 0 Å². The van der Waals surface area contributed by atoms with Crippen LogP contribution >= 0.6 is 0 Å². The van der Waals surface area contributed by atoms with Crippen LogP contribution in [0.5, 0.6) is 0 Å². The van der Waals surface area contributed by atoms with Crippen molar-refractivity contribution in [2.24, 2.45) is 5.41 Å². The van der Waals surface area contributed by atoms with E-state index in [0.717, 1.165) is 26.1 Å². The summed E-state index contributed by atoms with van der Waals surface area (Å²) in [5.41, 5.74) is 0.0923. The molecule has 1 atom stereocenters. The molecule has 0 radical (unpaired) electrons. The van der Waals surface area contributed by atoms with Crippen LogP contribution in [0.15, 0.2) is 12.4 Å². The second-order valence-corrected chi connectivity index (χ2v) is 4.97. The molecule has 1 saturated heterocycles. The van der Waals surface area contributed by atoms with Crippen LogP contribution in [0.25, 0.3) is 0 Å². The van der Waals surface area contributed by atoms with E-state index in [1.165, 1.54) is 18.8 Å². The van der Waals surface area contributed by atoms with Crippen molar-refractivity contribution in [3.05, 3.63) is 22.5 Å². The van der Waals surface area contributed by atoms with E-state index in [4.69, 9.17) is 0 Å². The summed E-state index contributed by atoms with van der Waals surface area (Å²) in [4.78, 5) is 17.8. The normalized spacial score (nSPS) is 23.6. The molecule has 0 bridgehead atoms. The van der Waals surface area contributed by atoms with Gasteiger partial charge in [-0.25, -0.2) is 9.97 Å². The van der Waals surface area contributed by atoms with Crippen LogP contribution in [0.1, 0.15) is 19.8 Å². The Bertz CT molecular complexity index is 414. The predicted molar refractivity (Wildman–Crippen MR) is 67.4 cm³/mol. The SMILES string of the molecule is CC1(CNc2ncc([N+](=O)[O-])cn2)CCCNC1. The fraction of sp³-hybridized carbons (Fsp3) is 0.636. The quantitative estimate of drug-likeness (QED) is 0.616. The van der Waals surface area contributed by atoms with Crippen LogP contribution in [-0.4, -0.2) is 34.5 Å². The van der Waals surface area contributed by atoms with E-state index in [1.807, 2.05) is 0 Å². The molecule has 7 heteroatoms. The molecular formula is C11H17N5O2. The summed E-state index contributed by atoms with van der Waals surface area (Å²) in [6.07, 6.45) is 4.76. The van der Waals surface area contributed by atoms with Crippen molar-refractivity contribution in [2.45, 2.75) is 19.8 Å². The lowest BCUT2D eigenvalue weighted by Gasteiger charge is -2.34. The zero-order valence-electron chi connectivity index (χ0n) is 10.3. The largest absolute Gasteiger partial charge is 0.354 e. The number of nitrogens with zero attached hydrogens (tertiary/aromatic N) is 3. The van der Waals surface area contributed by atoms with Crippen LogP contribution < -0.4 is 10.6 Å². The fourth-order valence-corrected chi connectivity index (χ4v) is 2.07. The predicted octanol–water partition coefficient (Wildman–Crippen LogP) is 1.19. The molecule has 0 spiro atoms. The van der Waals surface area contributed by atoms with E-state index < -0.39 is 4.92 Å². The third-order valence-corrected chi connectivity index (χ3v) is 3.21. The van der Waals surface area contributed by atoms with Gasteiger partial charge in [-0.05, 0) is 24.8 Å². The number of hydrogen-bond donors (Lipinski definition) is 2. The Morgan fingerprint density at radius 1 is 1.56 bits per heavy atom. The van der Waals surface area contributed by atoms with Gasteiger partial charge in [0, 0.05) is 13.1 Å². The molecule has 1 aliphatic heterocycles. The van der Waals surface area contributed by atoms with Crippen LogP contribution in [-0.2, 0) is 0 Å². The molecule has 2 N–H and O–H groups in total. The minimum absolute atomic E-state index is 0.0916. The molecule has 1 aliphatic rings. The molecule has 2 rings (SSSR count). The van der Waals surface area contributed by atoms with Gasteiger partial charge in [0.25, 0.3) is 0 Å². The fourth-order valence-electron chi connectivity index (χ4n) is 2.07. The third kappa shape index (κ3) is 3.13. The Kier molecular flexibility index (Phi) is 3.71. The van der Waals surface area contributed by atoms with Gasteiger partial charge in [0.15, 0.2) is 0 Å². The van der Waals surface area contributed by atoms with Crippen molar-refractivity contribution in [3.63, 3.8) is 0 Å². The van der Waals surface area contributed by atoms with E-state index in [2.05, 4.69) is 27.5 Å². The second kappa shape index (κ2) is 5.26. The summed E-state index contributed by atoms with van der Waals surface area (Å²) >= 11 is 0. The molecule has 0 amide bonds. The van der Waals surface area contributed by atoms with E-state index in [0.29, 0.717) is 5.95 Å². The minimum Gasteiger partial charge on any atom is -0.354 e. The van der Waals surface area contributed by atoms with E-state index in [9.17, 15) is 10.1 Å². The van der Waals surface area contributed by atoms with Crippen LogP contribution in [0, 0.1) is 15.5 Å². The first-order chi connectivity index (χ1) is 8.59. The van der Waals surface area contributed by atoms with E-state index in [-0.39, 0.29) is 11.1 Å². The van der Waals surface area contributed by atoms with Crippen LogP contribution in [0.2, 0.25) is 0 Å². The number of aromatic nitrogens is 2. The van der Waals surface area contributed by atoms with Gasteiger partial charge in [-0.3, -0.25) is 10.1 Å². The summed E-state index contributed by atoms with van der Waals surface area (Å²) < 4.78 is 0. The zero-order valence-corrected chi connectivity index (χ0v) is 10.3. The van der Waals surface area contributed by atoms with Crippen molar-refractivity contribution in [2.75, 3.05) is 25.0 Å². The van der Waals surface area contributed by atoms with Gasteiger partial charge < -0.3 is 10.6 Å². The lowest BCUT2D eigenvalue weighted by Crippen LogP contribution is -2.42. The zero-order chi connectivity index (χ0) is 13.0. The van der Waals surface area contributed by atoms with Crippen LogP contribution in [0.4, 0.5) is 11.6 Å². The Hall–Kier alpha value is -1.76. The summed E-state index contributed by atoms with van der Waals surface area (Å²) in [6.45, 7) is 5.01. The standard InChI is InChI=1S/C11H17N5O2/c1-11(3-2-4-12-7-11)8-15-10-13-5-9(6-14-10)16(17)18/h5-6,12H,2-4,7-8H2,1H3,(H,13,14,15). The maximum absolute atomic E-state index is 10.5. The molecule has 1 aromatic rings. The van der Waals surface area contributed by atoms with Crippen molar-refractivity contribution >= 4 is 11.6 Å². The van der Waals surface area contributed by atoms with Gasteiger partial charge in [0.05, 0.1) is 4.92 Å². The molecule has 0 saturated carbocycles. The van der Waals surface area contributed by atoms with Crippen molar-refractivity contribution in [3.8, 4) is 0 Å². The molecule has 1 aromatic heterocycles. The molecule has 1 unspecified atom stereocenters. The Morgan fingerprint density at radius 2 is 2.28 bits per heavy atom. The summed E-state index contributed by atoms with van der Waals surface area (Å²) in [5, 5.41) is 17.0. The van der Waals surface area contributed by atoms with E-state index >= 15 is 0 Å². The number of hydrogen-bond acceptors (Lipinski definition) is 6. The summed E-state index contributed by atoms with van der Waals surface area (Å²) in [5.74, 6) is 0.437. The number of rotatable bonds is 4. The van der Waals surface area contributed by atoms with Gasteiger partial charge >= 0.3 is 5.69 Å². The molecule has 7 nitrogen and oxygen atoms in total. The van der Waals surface area contributed by atoms with Gasteiger partial charge in [0.1, 0.15) is 12.4 Å². The molecule has 98 valence electrons. The van der Waals surface area contributed by atoms with Gasteiger partial charge in [0.2, 0.25) is 5.95 Å². The minimum atomic E-state index is -0.504. The van der Waals surface area contributed by atoms with Crippen molar-refractivity contribution in [1.29, 1.82) is 0 Å². The van der Waals surface area contributed by atoms with Crippen LogP contribution in [0.3, 0.4) is 0 Å². The highest BCUT2D eigenvalue weighted by atomic mass is 16.6. The van der Waals surface area contributed by atoms with Crippen molar-refractivity contribution < 1.29 is 4.92 Å². The third-order valence-electron chi connectivity index (χ3n) is 3.21. The molecule has 2 heterocycles. The highest BCUT2D eigenvalue weighted by molar-refractivity contribution is 5.30. The Balaban J connectivity index is 1.91. The molecule has 18 heavy (non-hydrogen) atoms. The molecular weight excluding hydrogens is 234 g/mol. The topological polar surface area (TPSA) is 93.0 Å². The summed E-state index contributed by atoms with van der Waals surface area (Å²) in [7, 11) is 0. The average molecular weight is 251 g/mol. The van der Waals surface area contributed by atoms with Gasteiger partial charge in [-0.2, -0.15) is 0 Å². The molecule has 0 aliphatic carbocycles. The number of anilines is 1. The van der Waals surface area contributed by atoms with Crippen molar-refractivity contribution in [1.82, 2.24) is 15.3 Å². The first-order valence-electron chi connectivity index (χ1n) is 6.00. The first kappa shape index (κ1) is 12.7. The maximum atomic E-state index is 10.5. The average Bonchev–Trinajstić information content (AvgIpc) is 2.38. The maximum Gasteiger partial charge on any atom is 0.305 e. The van der Waals surface area contributed by atoms with Gasteiger partial charge in [-0.15, -0.1) is 0 Å². The molecule has 1 fully saturated rings. The Labute approximate surface area is 105 Å². The first-order valence-corrected chi connectivity index (χ1v) is 6.00. The summed E-state index contributed by atoms with van der Waals surface area (Å²) in [6, 6.07) is 0. The highest BCUT2D eigenvalue weighted by Gasteiger charge is 2.26. The Morgan fingerprint density at radius 3 is 2.83 bits per heavy atom. The highest BCUT2D eigenvalue weighted by Crippen LogP contribution is 2.25. The van der Waals surface area contributed by atoms with Gasteiger partial charge in [-0.1, -0.05) is 6.92 Å². The number of piperidine rings is 1. The number of nitrogens with one attached hydrogen (secondary N) is 2. The smallest absolute Gasteiger partial charge is 0.305 e. The number of nitro groups is 1. The second-order valence-electron chi connectivity index (χ2n) is 4.97. The lowest BCUT2D eigenvalue weighted by atomic mass is 9.83. The molecule has 0 aromatic carbocycles. The monoisotopic (exact) mass is 251 g/mol. The lowest BCUT2D eigenvalue weighted by molar-refractivity contribution is -0.385.